The molecule has 4 aromatic rings. The molecule has 2 heterocycles. The van der Waals surface area contributed by atoms with E-state index in [1.165, 1.54) is 0 Å². The van der Waals surface area contributed by atoms with Gasteiger partial charge in [0.2, 0.25) is 0 Å². The van der Waals surface area contributed by atoms with E-state index in [4.69, 9.17) is 0 Å². The van der Waals surface area contributed by atoms with Crippen LogP contribution in [0.25, 0.3) is 22.6 Å². The molecule has 5 heteroatoms. The molecular weight excluding hydrogens is 537 g/mol. The second-order valence-corrected chi connectivity index (χ2v) is 6.03. The molecule has 0 fully saturated rings. The van der Waals surface area contributed by atoms with Crippen LogP contribution < -0.4 is 0 Å². The minimum Gasteiger partial charge on any atom is -0.295 e. The first-order valence-electron chi connectivity index (χ1n) is 8.45. The summed E-state index contributed by atoms with van der Waals surface area (Å²) in [5.74, 6) is -1.36. The van der Waals surface area contributed by atoms with E-state index >= 15 is 0 Å². The van der Waals surface area contributed by atoms with Gasteiger partial charge in [0.15, 0.2) is 0 Å². The van der Waals surface area contributed by atoms with Crippen molar-refractivity contribution in [2.24, 2.45) is 0 Å². The van der Waals surface area contributed by atoms with Crippen LogP contribution in [0.3, 0.4) is 0 Å². The van der Waals surface area contributed by atoms with Gasteiger partial charge in [-0.3, -0.25) is 18.7 Å². The minimum atomic E-state index is -0.694. The topological polar surface area (TPSA) is 25.8 Å². The standard InChI is InChI=1S/C23H14F2N2.Pt/c24-17-12-13-19(20(25)15-17)21-9-5-11-23(27-21)22-10-4-8-18(26-22)14-16-6-2-1-3-7-16;/h1-6,8-12,15H,14H2;/q-2;+2. The van der Waals surface area contributed by atoms with Crippen LogP contribution in [-0.4, -0.2) is 9.97 Å². The van der Waals surface area contributed by atoms with Gasteiger partial charge >= 0.3 is 21.1 Å². The summed E-state index contributed by atoms with van der Waals surface area (Å²) in [6.07, 6.45) is 0.661. The second kappa shape index (κ2) is 8.99. The molecule has 0 unspecified atom stereocenters. The number of hydrogen-bond donors (Lipinski definition) is 0. The monoisotopic (exact) mass is 551 g/mol. The van der Waals surface area contributed by atoms with Crippen LogP contribution in [0.2, 0.25) is 0 Å². The third-order valence-electron chi connectivity index (χ3n) is 4.08. The number of aromatic nitrogens is 2. The van der Waals surface area contributed by atoms with Crippen LogP contribution in [0.5, 0.6) is 0 Å². The van der Waals surface area contributed by atoms with Crippen molar-refractivity contribution >= 4 is 0 Å². The Morgan fingerprint density at radius 2 is 1.54 bits per heavy atom. The molecule has 0 bridgehead atoms. The van der Waals surface area contributed by atoms with Crippen molar-refractivity contribution in [3.8, 4) is 22.6 Å². The molecule has 0 amide bonds. The predicted molar refractivity (Wildman–Crippen MR) is 99.7 cm³/mol. The van der Waals surface area contributed by atoms with Crippen molar-refractivity contribution in [1.29, 1.82) is 0 Å². The molecule has 0 radical (unpaired) electrons. The van der Waals surface area contributed by atoms with E-state index in [9.17, 15) is 8.78 Å². The molecule has 0 aliphatic rings. The molecule has 140 valence electrons. The molecule has 0 aliphatic carbocycles. The Morgan fingerprint density at radius 1 is 0.786 bits per heavy atom. The van der Waals surface area contributed by atoms with E-state index < -0.39 is 11.6 Å². The molecule has 4 rings (SSSR count). The van der Waals surface area contributed by atoms with Gasteiger partial charge in [0.1, 0.15) is 0 Å². The van der Waals surface area contributed by atoms with Gasteiger partial charge in [-0.05, 0) is 30.3 Å². The average molecular weight is 551 g/mol. The summed E-state index contributed by atoms with van der Waals surface area (Å²) in [4.78, 5) is 9.15. The summed E-state index contributed by atoms with van der Waals surface area (Å²) in [6.45, 7) is 0. The number of hydrogen-bond acceptors (Lipinski definition) is 2. The zero-order valence-corrected chi connectivity index (χ0v) is 16.9. The Morgan fingerprint density at radius 3 is 2.29 bits per heavy atom. The van der Waals surface area contributed by atoms with Crippen LogP contribution >= 0.6 is 0 Å². The van der Waals surface area contributed by atoms with Crippen molar-refractivity contribution in [1.82, 2.24) is 9.97 Å². The average Bonchev–Trinajstić information content (AvgIpc) is 2.69. The number of rotatable bonds is 4. The molecule has 0 spiro atoms. The summed E-state index contributed by atoms with van der Waals surface area (Å²) >= 11 is 0. The second-order valence-electron chi connectivity index (χ2n) is 6.03. The van der Waals surface area contributed by atoms with Gasteiger partial charge in [0.25, 0.3) is 0 Å². The zero-order valence-electron chi connectivity index (χ0n) is 14.6. The molecule has 2 aromatic heterocycles. The molecular formula is C23H14F2N2Pt. The van der Waals surface area contributed by atoms with Gasteiger partial charge in [0, 0.05) is 17.3 Å². The normalized spacial score (nSPS) is 10.4. The van der Waals surface area contributed by atoms with Crippen LogP contribution in [0.1, 0.15) is 11.3 Å². The maximum absolute atomic E-state index is 14.0. The van der Waals surface area contributed by atoms with Crippen LogP contribution in [0.4, 0.5) is 8.78 Å². The van der Waals surface area contributed by atoms with E-state index in [-0.39, 0.29) is 26.6 Å². The fourth-order valence-corrected chi connectivity index (χ4v) is 2.81. The first kappa shape index (κ1) is 20.0. The Kier molecular flexibility index (Phi) is 6.43. The third-order valence-corrected chi connectivity index (χ3v) is 4.08. The van der Waals surface area contributed by atoms with E-state index in [1.807, 2.05) is 48.5 Å². The summed E-state index contributed by atoms with van der Waals surface area (Å²) in [5.41, 5.74) is 3.76. The number of pyridine rings is 2. The molecule has 0 N–H and O–H groups in total. The SMILES string of the molecule is Fc1c[c-]c(-c2cccc(-c3cccc(Cc4[c-]cccc4)n3)n2)c(F)c1.[Pt+2]. The molecule has 28 heavy (non-hydrogen) atoms. The minimum absolute atomic E-state index is 0. The quantitative estimate of drug-likeness (QED) is 0.323. The van der Waals surface area contributed by atoms with Gasteiger partial charge in [-0.25, -0.2) is 0 Å². The Labute approximate surface area is 176 Å². The van der Waals surface area contributed by atoms with E-state index in [0.29, 0.717) is 23.5 Å². The van der Waals surface area contributed by atoms with E-state index in [1.54, 1.807) is 12.1 Å². The molecule has 0 atom stereocenters. The third kappa shape index (κ3) is 4.57. The summed E-state index contributed by atoms with van der Waals surface area (Å²) in [6, 6.07) is 26.5. The van der Waals surface area contributed by atoms with Gasteiger partial charge in [-0.1, -0.05) is 29.8 Å². The van der Waals surface area contributed by atoms with Crippen molar-refractivity contribution in [3.05, 3.63) is 108 Å². The maximum Gasteiger partial charge on any atom is 2.00 e. The summed E-state index contributed by atoms with van der Waals surface area (Å²) < 4.78 is 27.2. The predicted octanol–water partition coefficient (Wildman–Crippen LogP) is 5.28. The number of halogens is 2. The van der Waals surface area contributed by atoms with Crippen molar-refractivity contribution in [3.63, 3.8) is 0 Å². The van der Waals surface area contributed by atoms with Crippen molar-refractivity contribution in [2.45, 2.75) is 6.42 Å². The first-order valence-corrected chi connectivity index (χ1v) is 8.45. The van der Waals surface area contributed by atoms with E-state index in [2.05, 4.69) is 22.1 Å². The molecule has 2 aromatic carbocycles. The van der Waals surface area contributed by atoms with Crippen molar-refractivity contribution in [2.75, 3.05) is 0 Å². The Hall–Kier alpha value is -2.71. The van der Waals surface area contributed by atoms with Crippen molar-refractivity contribution < 1.29 is 29.8 Å². The zero-order chi connectivity index (χ0) is 18.6. The number of nitrogens with zero attached hydrogens (tertiary/aromatic N) is 2. The van der Waals surface area contributed by atoms with Crippen LogP contribution in [-0.2, 0) is 27.5 Å². The van der Waals surface area contributed by atoms with Crippen LogP contribution in [0, 0.1) is 23.8 Å². The van der Waals surface area contributed by atoms with Crippen LogP contribution in [0.15, 0.2) is 72.8 Å². The van der Waals surface area contributed by atoms with Gasteiger partial charge in [-0.15, -0.1) is 12.1 Å². The van der Waals surface area contributed by atoms with Gasteiger partial charge in [-0.2, -0.15) is 35.9 Å². The molecule has 0 saturated heterocycles. The summed E-state index contributed by atoms with van der Waals surface area (Å²) in [5, 5.41) is 0. The fourth-order valence-electron chi connectivity index (χ4n) is 2.81. The van der Waals surface area contributed by atoms with Gasteiger partial charge in [0.05, 0.1) is 11.4 Å². The van der Waals surface area contributed by atoms with E-state index in [0.717, 1.165) is 23.4 Å². The maximum atomic E-state index is 14.0. The smallest absolute Gasteiger partial charge is 0.295 e. The Bertz CT molecular complexity index is 1080. The number of benzene rings is 2. The molecule has 2 nitrogen and oxygen atoms in total. The Balaban J connectivity index is 0.00000225. The fraction of sp³-hybridized carbons (Fsp3) is 0.0435. The van der Waals surface area contributed by atoms with Gasteiger partial charge < -0.3 is 0 Å². The molecule has 0 aliphatic heterocycles. The molecule has 0 saturated carbocycles. The first-order chi connectivity index (χ1) is 13.2. The largest absolute Gasteiger partial charge is 2.00 e. The summed E-state index contributed by atoms with van der Waals surface area (Å²) in [7, 11) is 0.